The average Bonchev–Trinajstić information content (AvgIpc) is 3.37. The number of rotatable bonds is 9. The van der Waals surface area contributed by atoms with Gasteiger partial charge in [-0.05, 0) is 29.7 Å². The van der Waals surface area contributed by atoms with E-state index in [-0.39, 0.29) is 23.9 Å². The maximum absolute atomic E-state index is 13.4. The van der Waals surface area contributed by atoms with Crippen LogP contribution in [0.25, 0.3) is 0 Å². The van der Waals surface area contributed by atoms with Gasteiger partial charge in [0.25, 0.3) is 11.8 Å². The molecule has 39 heavy (non-hydrogen) atoms. The molecule has 0 radical (unpaired) electrons. The average molecular weight is 526 g/mol. The van der Waals surface area contributed by atoms with E-state index in [1.54, 1.807) is 29.2 Å². The highest BCUT2D eigenvalue weighted by molar-refractivity contribution is 6.44. The van der Waals surface area contributed by atoms with E-state index in [4.69, 9.17) is 0 Å². The van der Waals surface area contributed by atoms with Crippen LogP contribution < -0.4 is 15.6 Å². The standard InChI is InChI=1S/C30H31N5O4/c36-26-19-25(33-35(26)23-14-8-3-9-15-23)29(38)32-24(18-21-10-4-1-5-11-21)28(37)27-30(39)34(17-16-31-27)20-22-12-6-2-7-13-22/h1-15,24,27-28,31,37H,16-20H2,(H,32,38)/t24?,27-,28-/m0/s1. The van der Waals surface area contributed by atoms with Gasteiger partial charge in [0.15, 0.2) is 0 Å². The van der Waals surface area contributed by atoms with E-state index >= 15 is 0 Å². The molecule has 1 saturated heterocycles. The van der Waals surface area contributed by atoms with Crippen LogP contribution in [0.3, 0.4) is 0 Å². The van der Waals surface area contributed by atoms with Crippen LogP contribution in [0.4, 0.5) is 5.69 Å². The van der Waals surface area contributed by atoms with Crippen LogP contribution in [0.15, 0.2) is 96.1 Å². The number of benzene rings is 3. The van der Waals surface area contributed by atoms with E-state index in [0.29, 0.717) is 31.7 Å². The number of piperazine rings is 1. The summed E-state index contributed by atoms with van der Waals surface area (Å²) in [7, 11) is 0. The van der Waals surface area contributed by atoms with Gasteiger partial charge in [-0.15, -0.1) is 0 Å². The van der Waals surface area contributed by atoms with Crippen molar-refractivity contribution in [2.75, 3.05) is 18.1 Å². The molecule has 3 aromatic rings. The van der Waals surface area contributed by atoms with Crippen molar-refractivity contribution in [1.29, 1.82) is 0 Å². The smallest absolute Gasteiger partial charge is 0.268 e. The molecule has 1 fully saturated rings. The predicted octanol–water partition coefficient (Wildman–Crippen LogP) is 1.87. The van der Waals surface area contributed by atoms with Gasteiger partial charge in [-0.3, -0.25) is 14.4 Å². The van der Waals surface area contributed by atoms with Crippen molar-refractivity contribution in [3.05, 3.63) is 102 Å². The molecule has 3 aromatic carbocycles. The molecule has 0 aromatic heterocycles. The molecule has 9 heteroatoms. The third-order valence-corrected chi connectivity index (χ3v) is 6.95. The summed E-state index contributed by atoms with van der Waals surface area (Å²) >= 11 is 0. The number of nitrogens with one attached hydrogen (secondary N) is 2. The van der Waals surface area contributed by atoms with Crippen molar-refractivity contribution >= 4 is 29.1 Å². The van der Waals surface area contributed by atoms with Gasteiger partial charge < -0.3 is 20.6 Å². The first-order valence-electron chi connectivity index (χ1n) is 13.0. The number of hydrogen-bond donors (Lipinski definition) is 3. The van der Waals surface area contributed by atoms with Crippen molar-refractivity contribution in [1.82, 2.24) is 15.5 Å². The quantitative estimate of drug-likeness (QED) is 0.395. The maximum atomic E-state index is 13.4. The molecular formula is C30H31N5O4. The lowest BCUT2D eigenvalue weighted by Gasteiger charge is -2.38. The Balaban J connectivity index is 1.34. The number of aliphatic hydroxyl groups excluding tert-OH is 1. The normalized spacial score (nSPS) is 19.0. The summed E-state index contributed by atoms with van der Waals surface area (Å²) < 4.78 is 0. The molecular weight excluding hydrogens is 494 g/mol. The highest BCUT2D eigenvalue weighted by atomic mass is 16.3. The SMILES string of the molecule is O=C(NC(Cc1ccccc1)[C@H](O)[C@@H]1NCCN(Cc2ccccc2)C1=O)C1=NN(c2ccccc2)C(=O)C1. The largest absolute Gasteiger partial charge is 0.389 e. The molecule has 2 heterocycles. The highest BCUT2D eigenvalue weighted by Crippen LogP contribution is 2.21. The summed E-state index contributed by atoms with van der Waals surface area (Å²) in [6.45, 7) is 1.47. The molecule has 3 N–H and O–H groups in total. The van der Waals surface area contributed by atoms with Crippen LogP contribution >= 0.6 is 0 Å². The van der Waals surface area contributed by atoms with Gasteiger partial charge in [0.05, 0.1) is 24.3 Å². The van der Waals surface area contributed by atoms with E-state index in [9.17, 15) is 19.5 Å². The zero-order valence-corrected chi connectivity index (χ0v) is 21.4. The number of carbonyl (C=O) groups is 3. The topological polar surface area (TPSA) is 114 Å². The van der Waals surface area contributed by atoms with Gasteiger partial charge in [0, 0.05) is 19.6 Å². The lowest BCUT2D eigenvalue weighted by Crippen LogP contribution is -2.64. The number of nitrogens with zero attached hydrogens (tertiary/aromatic N) is 3. The Labute approximate surface area is 227 Å². The van der Waals surface area contributed by atoms with Crippen molar-refractivity contribution in [3.63, 3.8) is 0 Å². The monoisotopic (exact) mass is 525 g/mol. The molecule has 3 atom stereocenters. The highest BCUT2D eigenvalue weighted by Gasteiger charge is 2.39. The molecule has 2 aliphatic heterocycles. The Morgan fingerprint density at radius 3 is 2.23 bits per heavy atom. The number of hydrazone groups is 1. The number of para-hydroxylation sites is 1. The lowest BCUT2D eigenvalue weighted by molar-refractivity contribution is -0.140. The Morgan fingerprint density at radius 2 is 1.56 bits per heavy atom. The predicted molar refractivity (Wildman–Crippen MR) is 148 cm³/mol. The summed E-state index contributed by atoms with van der Waals surface area (Å²) in [5, 5.41) is 23.0. The Hall–Kier alpha value is -4.34. The minimum absolute atomic E-state index is 0.0581. The first-order valence-corrected chi connectivity index (χ1v) is 13.0. The van der Waals surface area contributed by atoms with E-state index in [1.165, 1.54) is 5.01 Å². The van der Waals surface area contributed by atoms with Crippen molar-refractivity contribution in [2.24, 2.45) is 5.10 Å². The molecule has 3 amide bonds. The number of amides is 3. The molecule has 1 unspecified atom stereocenters. The van der Waals surface area contributed by atoms with Crippen LogP contribution in [-0.4, -0.2) is 64.7 Å². The molecule has 0 saturated carbocycles. The van der Waals surface area contributed by atoms with Gasteiger partial charge in [0.1, 0.15) is 11.8 Å². The van der Waals surface area contributed by atoms with E-state index in [1.807, 2.05) is 66.7 Å². The third kappa shape index (κ3) is 6.22. The van der Waals surface area contributed by atoms with Gasteiger partial charge in [-0.2, -0.15) is 10.1 Å². The number of carbonyl (C=O) groups excluding carboxylic acids is 3. The summed E-state index contributed by atoms with van der Waals surface area (Å²) in [5.41, 5.74) is 2.52. The fraction of sp³-hybridized carbons (Fsp3) is 0.267. The van der Waals surface area contributed by atoms with Gasteiger partial charge in [0.2, 0.25) is 5.91 Å². The second kappa shape index (κ2) is 12.0. The molecule has 0 spiro atoms. The molecule has 200 valence electrons. The zero-order chi connectivity index (χ0) is 27.2. The number of anilines is 1. The van der Waals surface area contributed by atoms with E-state index < -0.39 is 24.1 Å². The van der Waals surface area contributed by atoms with Crippen molar-refractivity contribution < 1.29 is 19.5 Å². The van der Waals surface area contributed by atoms with E-state index in [2.05, 4.69) is 15.7 Å². The van der Waals surface area contributed by atoms with Crippen molar-refractivity contribution in [3.8, 4) is 0 Å². The second-order valence-electron chi connectivity index (χ2n) is 9.70. The molecule has 5 rings (SSSR count). The van der Waals surface area contributed by atoms with Crippen LogP contribution in [0, 0.1) is 0 Å². The van der Waals surface area contributed by atoms with Gasteiger partial charge >= 0.3 is 0 Å². The molecule has 0 bridgehead atoms. The lowest BCUT2D eigenvalue weighted by atomic mass is 9.94. The second-order valence-corrected chi connectivity index (χ2v) is 9.70. The van der Waals surface area contributed by atoms with Crippen LogP contribution in [-0.2, 0) is 27.3 Å². The summed E-state index contributed by atoms with van der Waals surface area (Å²) in [5.74, 6) is -1.09. The van der Waals surface area contributed by atoms with Crippen LogP contribution in [0.1, 0.15) is 17.5 Å². The first kappa shape index (κ1) is 26.3. The number of aliphatic hydroxyl groups is 1. The maximum Gasteiger partial charge on any atom is 0.268 e. The summed E-state index contributed by atoms with van der Waals surface area (Å²) in [6, 6.07) is 26.3. The van der Waals surface area contributed by atoms with Crippen LogP contribution in [0.5, 0.6) is 0 Å². The Bertz CT molecular complexity index is 1330. The minimum atomic E-state index is -1.22. The van der Waals surface area contributed by atoms with Crippen molar-refractivity contribution in [2.45, 2.75) is 37.6 Å². The Kier molecular flexibility index (Phi) is 8.10. The fourth-order valence-corrected chi connectivity index (χ4v) is 4.91. The fourth-order valence-electron chi connectivity index (χ4n) is 4.91. The summed E-state index contributed by atoms with van der Waals surface area (Å²) in [6.07, 6.45) is -1.08. The van der Waals surface area contributed by atoms with Crippen LogP contribution in [0.2, 0.25) is 0 Å². The molecule has 0 aliphatic carbocycles. The molecule has 2 aliphatic rings. The van der Waals surface area contributed by atoms with E-state index in [0.717, 1.165) is 11.1 Å². The number of hydrogen-bond acceptors (Lipinski definition) is 6. The third-order valence-electron chi connectivity index (χ3n) is 6.95. The Morgan fingerprint density at radius 1 is 0.949 bits per heavy atom. The van der Waals surface area contributed by atoms with Gasteiger partial charge in [-0.1, -0.05) is 78.9 Å². The first-order chi connectivity index (χ1) is 19.0. The minimum Gasteiger partial charge on any atom is -0.389 e. The molecule has 9 nitrogen and oxygen atoms in total. The zero-order valence-electron chi connectivity index (χ0n) is 21.4. The summed E-state index contributed by atoms with van der Waals surface area (Å²) in [4.78, 5) is 41.0. The van der Waals surface area contributed by atoms with Gasteiger partial charge in [-0.25, -0.2) is 0 Å².